The molecular formula is C26H27F3N4O. The van der Waals surface area contributed by atoms with Crippen LogP contribution in [0.25, 0.3) is 10.9 Å². The SMILES string of the molecule is Cc1nc(NC(C)c2cccc(C(F)(F)F)c2C)c2cc3c(cc2n1)N(C)C(=O)C31CCCC1. The van der Waals surface area contributed by atoms with E-state index in [9.17, 15) is 18.0 Å². The van der Waals surface area contributed by atoms with Crippen molar-refractivity contribution in [1.29, 1.82) is 0 Å². The maximum atomic E-state index is 13.4. The maximum absolute atomic E-state index is 13.4. The first-order chi connectivity index (χ1) is 16.0. The zero-order valence-corrected chi connectivity index (χ0v) is 19.7. The van der Waals surface area contributed by atoms with Crippen molar-refractivity contribution in [2.24, 2.45) is 0 Å². The van der Waals surface area contributed by atoms with Gasteiger partial charge in [0, 0.05) is 18.1 Å². The summed E-state index contributed by atoms with van der Waals surface area (Å²) < 4.78 is 40.3. The average Bonchev–Trinajstić information content (AvgIpc) is 3.33. The number of carbonyl (C=O) groups excluding carboxylic acids is 1. The van der Waals surface area contributed by atoms with E-state index in [1.165, 1.54) is 13.0 Å². The van der Waals surface area contributed by atoms with Crippen molar-refractivity contribution >= 4 is 28.3 Å². The van der Waals surface area contributed by atoms with Crippen LogP contribution in [0, 0.1) is 13.8 Å². The second-order valence-corrected chi connectivity index (χ2v) is 9.54. The smallest absolute Gasteiger partial charge is 0.363 e. The number of nitrogens with one attached hydrogen (secondary N) is 1. The van der Waals surface area contributed by atoms with Crippen molar-refractivity contribution in [2.45, 2.75) is 64.1 Å². The minimum absolute atomic E-state index is 0.127. The van der Waals surface area contributed by atoms with Gasteiger partial charge in [0.1, 0.15) is 11.6 Å². The molecule has 5 nitrogen and oxygen atoms in total. The van der Waals surface area contributed by atoms with Crippen LogP contribution >= 0.6 is 0 Å². The number of rotatable bonds is 3. The van der Waals surface area contributed by atoms with Gasteiger partial charge in [-0.2, -0.15) is 13.2 Å². The maximum Gasteiger partial charge on any atom is 0.416 e. The molecule has 8 heteroatoms. The number of amides is 1. The highest BCUT2D eigenvalue weighted by Gasteiger charge is 2.51. The molecule has 178 valence electrons. The Labute approximate surface area is 196 Å². The number of benzene rings is 2. The van der Waals surface area contributed by atoms with E-state index >= 15 is 0 Å². The van der Waals surface area contributed by atoms with E-state index in [4.69, 9.17) is 0 Å². The normalized spacial score (nSPS) is 18.1. The van der Waals surface area contributed by atoms with Gasteiger partial charge in [-0.1, -0.05) is 25.0 Å². The summed E-state index contributed by atoms with van der Waals surface area (Å²) in [5, 5.41) is 4.11. The van der Waals surface area contributed by atoms with Gasteiger partial charge in [-0.3, -0.25) is 4.79 Å². The molecule has 1 spiro atoms. The van der Waals surface area contributed by atoms with Crippen molar-refractivity contribution in [3.8, 4) is 0 Å². The zero-order valence-electron chi connectivity index (χ0n) is 19.7. The molecule has 0 radical (unpaired) electrons. The molecule has 1 fully saturated rings. The molecule has 1 aliphatic carbocycles. The standard InChI is InChI=1S/C26H27F3N4O/c1-14-17(8-7-9-19(14)26(27,28)29)15(2)30-23-18-12-20-22(13-21(18)31-16(3)32-23)33(4)24(34)25(20)10-5-6-11-25/h7-9,12-13,15H,5-6,10-11H2,1-4H3,(H,30,31,32). The van der Waals surface area contributed by atoms with Gasteiger partial charge in [-0.25, -0.2) is 9.97 Å². The fourth-order valence-corrected chi connectivity index (χ4v) is 5.77. The Hall–Kier alpha value is -3.16. The Morgan fingerprint density at radius 3 is 2.50 bits per heavy atom. The largest absolute Gasteiger partial charge is 0.416 e. The minimum atomic E-state index is -4.41. The summed E-state index contributed by atoms with van der Waals surface area (Å²) in [7, 11) is 1.81. The summed E-state index contributed by atoms with van der Waals surface area (Å²) in [6.07, 6.45) is -0.739. The number of hydrogen-bond acceptors (Lipinski definition) is 4. The van der Waals surface area contributed by atoms with Crippen LogP contribution in [0.15, 0.2) is 30.3 Å². The van der Waals surface area contributed by atoms with Crippen molar-refractivity contribution < 1.29 is 18.0 Å². The van der Waals surface area contributed by atoms with E-state index in [2.05, 4.69) is 15.3 Å². The number of carbonyl (C=O) groups is 1. The van der Waals surface area contributed by atoms with Gasteiger partial charge in [-0.05, 0) is 68.5 Å². The Balaban J connectivity index is 1.61. The van der Waals surface area contributed by atoms with Crippen molar-refractivity contribution in [2.75, 3.05) is 17.3 Å². The number of anilines is 2. The van der Waals surface area contributed by atoms with Crippen molar-refractivity contribution in [1.82, 2.24) is 9.97 Å². The van der Waals surface area contributed by atoms with E-state index in [-0.39, 0.29) is 11.5 Å². The molecule has 1 N–H and O–H groups in total. The molecule has 2 aliphatic rings. The molecule has 2 heterocycles. The Bertz CT molecular complexity index is 1310. The monoisotopic (exact) mass is 468 g/mol. The molecule has 0 bridgehead atoms. The van der Waals surface area contributed by atoms with Crippen LogP contribution in [0.4, 0.5) is 24.7 Å². The highest BCUT2D eigenvalue weighted by molar-refractivity contribution is 6.10. The predicted molar refractivity (Wildman–Crippen MR) is 126 cm³/mol. The van der Waals surface area contributed by atoms with Gasteiger partial charge in [0.2, 0.25) is 5.91 Å². The second-order valence-electron chi connectivity index (χ2n) is 9.54. The third-order valence-corrected chi connectivity index (χ3v) is 7.47. The van der Waals surface area contributed by atoms with E-state index < -0.39 is 23.2 Å². The lowest BCUT2D eigenvalue weighted by Gasteiger charge is -2.23. The molecule has 1 saturated carbocycles. The van der Waals surface area contributed by atoms with E-state index in [0.717, 1.165) is 48.4 Å². The number of halogens is 3. The molecule has 34 heavy (non-hydrogen) atoms. The number of aromatic nitrogens is 2. The lowest BCUT2D eigenvalue weighted by atomic mass is 9.79. The quantitative estimate of drug-likeness (QED) is 0.495. The molecule has 1 atom stereocenters. The van der Waals surface area contributed by atoms with Gasteiger partial charge in [0.15, 0.2) is 0 Å². The summed E-state index contributed by atoms with van der Waals surface area (Å²) in [6.45, 7) is 5.11. The van der Waals surface area contributed by atoms with Gasteiger partial charge in [0.25, 0.3) is 0 Å². The predicted octanol–water partition coefficient (Wildman–Crippen LogP) is 6.23. The fourth-order valence-electron chi connectivity index (χ4n) is 5.77. The first-order valence-electron chi connectivity index (χ1n) is 11.6. The summed E-state index contributed by atoms with van der Waals surface area (Å²) in [6, 6.07) is 7.79. The Kier molecular flexibility index (Phi) is 5.11. The molecule has 3 aromatic rings. The minimum Gasteiger partial charge on any atom is -0.363 e. The molecule has 2 aromatic carbocycles. The number of fused-ring (bicyclic) bond motifs is 3. The molecular weight excluding hydrogens is 441 g/mol. The van der Waals surface area contributed by atoms with Crippen LogP contribution in [0.5, 0.6) is 0 Å². The molecule has 5 rings (SSSR count). The molecule has 1 unspecified atom stereocenters. The first-order valence-corrected chi connectivity index (χ1v) is 11.6. The Morgan fingerprint density at radius 2 is 1.82 bits per heavy atom. The number of aryl methyl sites for hydroxylation is 1. The number of nitrogens with zero attached hydrogens (tertiary/aromatic N) is 3. The summed E-state index contributed by atoms with van der Waals surface area (Å²) in [4.78, 5) is 24.1. The molecule has 1 aromatic heterocycles. The van der Waals surface area contributed by atoms with Crippen LogP contribution < -0.4 is 10.2 Å². The first kappa shape index (κ1) is 22.6. The third kappa shape index (κ3) is 3.34. The topological polar surface area (TPSA) is 58.1 Å². The van der Waals surface area contributed by atoms with Crippen LogP contribution in [0.2, 0.25) is 0 Å². The average molecular weight is 469 g/mol. The second kappa shape index (κ2) is 7.68. The van der Waals surface area contributed by atoms with E-state index in [1.807, 2.05) is 26.1 Å². The summed E-state index contributed by atoms with van der Waals surface area (Å²) in [5.41, 5.74) is 2.21. The summed E-state index contributed by atoms with van der Waals surface area (Å²) in [5.74, 6) is 1.23. The molecule has 1 aliphatic heterocycles. The van der Waals surface area contributed by atoms with Crippen molar-refractivity contribution in [3.05, 3.63) is 58.4 Å². The van der Waals surface area contributed by atoms with Gasteiger partial charge in [-0.15, -0.1) is 0 Å². The van der Waals surface area contributed by atoms with Gasteiger partial charge in [0.05, 0.1) is 22.5 Å². The third-order valence-electron chi connectivity index (χ3n) is 7.47. The van der Waals surface area contributed by atoms with Crippen molar-refractivity contribution in [3.63, 3.8) is 0 Å². The van der Waals surface area contributed by atoms with E-state index in [1.54, 1.807) is 17.9 Å². The van der Waals surface area contributed by atoms with Crippen LogP contribution in [-0.2, 0) is 16.4 Å². The van der Waals surface area contributed by atoms with Gasteiger partial charge >= 0.3 is 6.18 Å². The lowest BCUT2D eigenvalue weighted by molar-refractivity contribution is -0.138. The fraction of sp³-hybridized carbons (Fsp3) is 0.423. The highest BCUT2D eigenvalue weighted by atomic mass is 19.4. The number of likely N-dealkylation sites (N-methyl/N-ethyl adjacent to an activating group) is 1. The van der Waals surface area contributed by atoms with Crippen LogP contribution in [0.3, 0.4) is 0 Å². The van der Waals surface area contributed by atoms with Gasteiger partial charge < -0.3 is 10.2 Å². The summed E-state index contributed by atoms with van der Waals surface area (Å²) >= 11 is 0. The molecule has 1 amide bonds. The number of alkyl halides is 3. The highest BCUT2D eigenvalue weighted by Crippen LogP contribution is 2.52. The zero-order chi connectivity index (χ0) is 24.4. The Morgan fingerprint density at radius 1 is 1.12 bits per heavy atom. The van der Waals surface area contributed by atoms with Crippen LogP contribution in [-0.4, -0.2) is 22.9 Å². The molecule has 0 saturated heterocycles. The van der Waals surface area contributed by atoms with Crippen LogP contribution in [0.1, 0.15) is 66.7 Å². The number of hydrogen-bond donors (Lipinski definition) is 1. The van der Waals surface area contributed by atoms with E-state index in [0.29, 0.717) is 22.7 Å². The lowest BCUT2D eigenvalue weighted by Crippen LogP contribution is -2.36.